The van der Waals surface area contributed by atoms with Crippen LogP contribution >= 0.6 is 0 Å². The lowest BCUT2D eigenvalue weighted by Gasteiger charge is -2.26. The van der Waals surface area contributed by atoms with Crippen molar-refractivity contribution in [3.05, 3.63) is 71.7 Å². The first kappa shape index (κ1) is 19.6. The molecule has 1 aliphatic heterocycles. The maximum Gasteiger partial charge on any atom is 0.335 e. The molecule has 4 amide bonds. The van der Waals surface area contributed by atoms with E-state index in [-0.39, 0.29) is 17.3 Å². The zero-order valence-electron chi connectivity index (χ0n) is 16.6. The lowest BCUT2D eigenvalue weighted by atomic mass is 10.1. The van der Waals surface area contributed by atoms with Gasteiger partial charge in [-0.3, -0.25) is 14.9 Å². The van der Waals surface area contributed by atoms with Gasteiger partial charge in [-0.15, -0.1) is 0 Å². The van der Waals surface area contributed by atoms with Crippen molar-refractivity contribution in [2.24, 2.45) is 0 Å². The van der Waals surface area contributed by atoms with E-state index >= 15 is 0 Å². The number of benzene rings is 2. The number of aromatic nitrogens is 1. The minimum absolute atomic E-state index is 0.161. The number of para-hydroxylation sites is 1. The van der Waals surface area contributed by atoms with Crippen LogP contribution in [0.1, 0.15) is 31.9 Å². The third-order valence-electron chi connectivity index (χ3n) is 5.32. The number of nitrogens with zero attached hydrogens (tertiary/aromatic N) is 2. The highest BCUT2D eigenvalue weighted by Gasteiger charge is 2.37. The quantitative estimate of drug-likeness (QED) is 0.516. The molecule has 1 fully saturated rings. The van der Waals surface area contributed by atoms with Gasteiger partial charge in [0.05, 0.1) is 5.69 Å². The van der Waals surface area contributed by atoms with Crippen LogP contribution in [0.4, 0.5) is 14.9 Å². The van der Waals surface area contributed by atoms with E-state index in [9.17, 15) is 18.8 Å². The summed E-state index contributed by atoms with van der Waals surface area (Å²) in [5.41, 5.74) is 1.72. The van der Waals surface area contributed by atoms with Gasteiger partial charge in [0, 0.05) is 28.7 Å². The number of carbonyl (C=O) groups excluding carboxylic acids is 3. The fourth-order valence-electron chi connectivity index (χ4n) is 3.55. The zero-order chi connectivity index (χ0) is 21.4. The van der Waals surface area contributed by atoms with E-state index in [1.165, 1.54) is 18.2 Å². The summed E-state index contributed by atoms with van der Waals surface area (Å²) in [5.74, 6) is -2.01. The predicted octanol–water partition coefficient (Wildman–Crippen LogP) is 4.42. The molecule has 30 heavy (non-hydrogen) atoms. The highest BCUT2D eigenvalue weighted by molar-refractivity contribution is 6.39. The van der Waals surface area contributed by atoms with Crippen LogP contribution in [0.5, 0.6) is 0 Å². The Morgan fingerprint density at radius 1 is 1.07 bits per heavy atom. The molecule has 0 saturated carbocycles. The van der Waals surface area contributed by atoms with Crippen molar-refractivity contribution in [3.8, 4) is 0 Å². The molecule has 0 aliphatic carbocycles. The molecule has 6 nitrogen and oxygen atoms in total. The van der Waals surface area contributed by atoms with Gasteiger partial charge in [-0.05, 0) is 49.8 Å². The lowest BCUT2D eigenvalue weighted by Crippen LogP contribution is -2.54. The summed E-state index contributed by atoms with van der Waals surface area (Å²) < 4.78 is 15.4. The van der Waals surface area contributed by atoms with E-state index in [1.807, 2.05) is 30.5 Å². The molecule has 0 spiro atoms. The topological polar surface area (TPSA) is 71.4 Å². The Hall–Kier alpha value is -3.74. The molecule has 4 rings (SSSR count). The number of barbiturate groups is 1. The van der Waals surface area contributed by atoms with E-state index in [1.54, 1.807) is 0 Å². The number of halogens is 1. The summed E-state index contributed by atoms with van der Waals surface area (Å²) in [7, 11) is 0. The number of hydrogen-bond donors (Lipinski definition) is 1. The van der Waals surface area contributed by atoms with Gasteiger partial charge >= 0.3 is 6.03 Å². The number of amides is 4. The lowest BCUT2D eigenvalue weighted by molar-refractivity contribution is -0.122. The number of anilines is 1. The molecule has 3 aromatic rings. The van der Waals surface area contributed by atoms with Crippen molar-refractivity contribution in [2.75, 3.05) is 4.90 Å². The number of hydrogen-bond acceptors (Lipinski definition) is 3. The monoisotopic (exact) mass is 405 g/mol. The SMILES string of the molecule is CC[C@H](C)n1cc(/C=C2\C(=O)NC(=O)N(c3ccc(F)cc3)C2=O)c2ccccc21. The number of rotatable bonds is 4. The van der Waals surface area contributed by atoms with Crippen LogP contribution in [0, 0.1) is 5.82 Å². The summed E-state index contributed by atoms with van der Waals surface area (Å²) in [4.78, 5) is 38.6. The van der Waals surface area contributed by atoms with Crippen molar-refractivity contribution in [2.45, 2.75) is 26.3 Å². The minimum atomic E-state index is -0.865. The molecular formula is C23H20FN3O3. The van der Waals surface area contributed by atoms with Crippen LogP contribution < -0.4 is 10.2 Å². The smallest absolute Gasteiger partial charge is 0.335 e. The van der Waals surface area contributed by atoms with Crippen LogP contribution in [0.2, 0.25) is 0 Å². The van der Waals surface area contributed by atoms with Crippen LogP contribution in [-0.4, -0.2) is 22.4 Å². The molecule has 0 unspecified atom stereocenters. The third-order valence-corrected chi connectivity index (χ3v) is 5.32. The van der Waals surface area contributed by atoms with E-state index in [4.69, 9.17) is 0 Å². The van der Waals surface area contributed by atoms with Crippen molar-refractivity contribution in [1.29, 1.82) is 0 Å². The summed E-state index contributed by atoms with van der Waals surface area (Å²) in [6.07, 6.45) is 4.33. The van der Waals surface area contributed by atoms with Crippen molar-refractivity contribution in [1.82, 2.24) is 9.88 Å². The van der Waals surface area contributed by atoms with Crippen molar-refractivity contribution < 1.29 is 18.8 Å². The van der Waals surface area contributed by atoms with Crippen LogP contribution in [0.15, 0.2) is 60.3 Å². The van der Waals surface area contributed by atoms with Gasteiger partial charge in [-0.25, -0.2) is 14.1 Å². The van der Waals surface area contributed by atoms with E-state index in [0.29, 0.717) is 5.56 Å². The Balaban J connectivity index is 1.81. The Morgan fingerprint density at radius 2 is 1.77 bits per heavy atom. The second-order valence-electron chi connectivity index (χ2n) is 7.20. The second kappa shape index (κ2) is 7.59. The summed E-state index contributed by atoms with van der Waals surface area (Å²) in [6, 6.07) is 12.0. The molecule has 1 aromatic heterocycles. The first-order chi connectivity index (χ1) is 14.4. The predicted molar refractivity (Wildman–Crippen MR) is 112 cm³/mol. The Labute approximate surface area is 172 Å². The molecule has 0 radical (unpaired) electrons. The van der Waals surface area contributed by atoms with Crippen LogP contribution in [0.3, 0.4) is 0 Å². The van der Waals surface area contributed by atoms with Gasteiger partial charge in [-0.2, -0.15) is 0 Å². The Kier molecular flexibility index (Phi) is 4.95. The average Bonchev–Trinajstić information content (AvgIpc) is 3.10. The maximum atomic E-state index is 13.2. The van der Waals surface area contributed by atoms with Crippen LogP contribution in [0.25, 0.3) is 17.0 Å². The van der Waals surface area contributed by atoms with Gasteiger partial charge < -0.3 is 4.57 Å². The number of fused-ring (bicyclic) bond motifs is 1. The third kappa shape index (κ3) is 3.28. The minimum Gasteiger partial charge on any atom is -0.344 e. The second-order valence-corrected chi connectivity index (χ2v) is 7.20. The highest BCUT2D eigenvalue weighted by atomic mass is 19.1. The molecule has 2 heterocycles. The normalized spacial score (nSPS) is 17.0. The first-order valence-electron chi connectivity index (χ1n) is 9.67. The number of carbonyl (C=O) groups is 3. The van der Waals surface area contributed by atoms with Gasteiger partial charge in [0.25, 0.3) is 11.8 Å². The van der Waals surface area contributed by atoms with E-state index < -0.39 is 23.7 Å². The number of nitrogens with one attached hydrogen (secondary N) is 1. The maximum absolute atomic E-state index is 13.2. The molecule has 1 N–H and O–H groups in total. The Morgan fingerprint density at radius 3 is 2.47 bits per heavy atom. The van der Waals surface area contributed by atoms with E-state index in [0.717, 1.165) is 34.4 Å². The highest BCUT2D eigenvalue weighted by Crippen LogP contribution is 2.29. The fourth-order valence-corrected chi connectivity index (χ4v) is 3.55. The van der Waals surface area contributed by atoms with Gasteiger partial charge in [0.15, 0.2) is 0 Å². The summed E-state index contributed by atoms with van der Waals surface area (Å²) in [6.45, 7) is 4.18. The summed E-state index contributed by atoms with van der Waals surface area (Å²) >= 11 is 0. The van der Waals surface area contributed by atoms with Crippen molar-refractivity contribution in [3.63, 3.8) is 0 Å². The molecular weight excluding hydrogens is 385 g/mol. The standard InChI is InChI=1S/C23H20FN3O3/c1-3-14(2)26-13-15(18-6-4-5-7-20(18)26)12-19-21(28)25-23(30)27(22(19)29)17-10-8-16(24)9-11-17/h4-14H,3H2,1-2H3,(H,25,28,30)/b19-12+/t14-/m0/s1. The van der Waals surface area contributed by atoms with E-state index in [2.05, 4.69) is 23.7 Å². The van der Waals surface area contributed by atoms with Gasteiger partial charge in [-0.1, -0.05) is 25.1 Å². The molecule has 2 aromatic carbocycles. The number of imide groups is 2. The largest absolute Gasteiger partial charge is 0.344 e. The van der Waals surface area contributed by atoms with Crippen LogP contribution in [-0.2, 0) is 9.59 Å². The molecule has 0 bridgehead atoms. The fraction of sp³-hybridized carbons (Fsp3) is 0.174. The summed E-state index contributed by atoms with van der Waals surface area (Å²) in [5, 5.41) is 3.09. The molecule has 7 heteroatoms. The first-order valence-corrected chi connectivity index (χ1v) is 9.67. The Bertz CT molecular complexity index is 1190. The molecule has 1 atom stereocenters. The zero-order valence-corrected chi connectivity index (χ0v) is 16.6. The van der Waals surface area contributed by atoms with Gasteiger partial charge in [0.1, 0.15) is 11.4 Å². The molecule has 1 aliphatic rings. The van der Waals surface area contributed by atoms with Gasteiger partial charge in [0.2, 0.25) is 0 Å². The van der Waals surface area contributed by atoms with Crippen molar-refractivity contribution >= 4 is 40.5 Å². The molecule has 152 valence electrons. The molecule has 1 saturated heterocycles. The average molecular weight is 405 g/mol. The number of urea groups is 1.